The third-order valence-electron chi connectivity index (χ3n) is 9.20. The molecule has 1 aliphatic carbocycles. The fourth-order valence-electron chi connectivity index (χ4n) is 6.48. The Kier molecular flexibility index (Phi) is 5.63. The number of alkyl halides is 3. The summed E-state index contributed by atoms with van der Waals surface area (Å²) in [7, 11) is 1.96. The van der Waals surface area contributed by atoms with Crippen molar-refractivity contribution < 1.29 is 24.9 Å². The Bertz CT molecular complexity index is 2200. The molecule has 3 aromatic carbocycles. The zero-order chi connectivity index (χ0) is 33.0. The molecule has 0 fully saturated rings. The fraction of sp³-hybridized carbons (Fsp3) is 0.263. The Labute approximate surface area is 257 Å². The average Bonchev–Trinajstić information content (AvgIpc) is 3.47. The van der Waals surface area contributed by atoms with Crippen molar-refractivity contribution in [1.29, 1.82) is 0 Å². The summed E-state index contributed by atoms with van der Waals surface area (Å²) >= 11 is 0. The highest BCUT2D eigenvalue weighted by Crippen LogP contribution is 2.51. The molecule has 3 nitrogen and oxygen atoms in total. The molecule has 0 amide bonds. The smallest absolute Gasteiger partial charge is 0.394 e. The number of rotatable bonds is 4. The number of aromatic nitrogens is 2. The summed E-state index contributed by atoms with van der Waals surface area (Å²) in [6.07, 6.45) is -4.09. The molecule has 1 aliphatic rings. The van der Waals surface area contributed by atoms with Crippen molar-refractivity contribution in [3.05, 3.63) is 108 Å². The second-order valence-corrected chi connectivity index (χ2v) is 12.9. The van der Waals surface area contributed by atoms with E-state index in [1.807, 2.05) is 29.9 Å². The van der Waals surface area contributed by atoms with Gasteiger partial charge in [-0.15, -0.1) is 0 Å². The molecule has 0 unspecified atom stereocenters. The normalized spacial score (nSPS) is 15.3. The highest BCUT2D eigenvalue weighted by Gasteiger charge is 2.47. The van der Waals surface area contributed by atoms with E-state index in [0.717, 1.165) is 58.2 Å². The predicted octanol–water partition coefficient (Wildman–Crippen LogP) is 9.89. The minimum Gasteiger partial charge on any atom is -0.455 e. The van der Waals surface area contributed by atoms with Crippen LogP contribution in [-0.4, -0.2) is 11.2 Å². The van der Waals surface area contributed by atoms with E-state index in [9.17, 15) is 13.2 Å². The van der Waals surface area contributed by atoms with Gasteiger partial charge in [-0.2, -0.15) is 13.2 Å². The summed E-state index contributed by atoms with van der Waals surface area (Å²) in [6.45, 7) is 8.27. The lowest BCUT2D eigenvalue weighted by Crippen LogP contribution is -2.34. The third kappa shape index (κ3) is 4.26. The maximum absolute atomic E-state index is 13.7. The van der Waals surface area contributed by atoms with Crippen LogP contribution in [0.1, 0.15) is 52.8 Å². The zero-order valence-corrected chi connectivity index (χ0v) is 25.5. The first-order chi connectivity index (χ1) is 21.5. The minimum absolute atomic E-state index is 0.149. The van der Waals surface area contributed by atoms with Crippen LogP contribution < -0.4 is 4.57 Å². The molecule has 0 spiro atoms. The number of furan rings is 1. The lowest BCUT2D eigenvalue weighted by atomic mass is 9.82. The number of pyridine rings is 2. The molecule has 0 bridgehead atoms. The van der Waals surface area contributed by atoms with Gasteiger partial charge in [0.2, 0.25) is 5.69 Å². The number of benzene rings is 3. The van der Waals surface area contributed by atoms with Gasteiger partial charge in [-0.25, -0.2) is 4.57 Å². The van der Waals surface area contributed by atoms with Crippen LogP contribution in [0.25, 0.3) is 55.4 Å². The van der Waals surface area contributed by atoms with E-state index in [2.05, 4.69) is 74.3 Å². The van der Waals surface area contributed by atoms with Crippen LogP contribution in [-0.2, 0) is 18.8 Å². The second kappa shape index (κ2) is 9.52. The van der Waals surface area contributed by atoms with Crippen molar-refractivity contribution in [3.8, 4) is 33.5 Å². The van der Waals surface area contributed by atoms with Gasteiger partial charge in [0.25, 0.3) is 0 Å². The number of nitrogens with zero attached hydrogens (tertiary/aromatic N) is 2. The first-order valence-electron chi connectivity index (χ1n) is 15.7. The third-order valence-corrected chi connectivity index (χ3v) is 9.20. The van der Waals surface area contributed by atoms with Crippen molar-refractivity contribution in [2.75, 3.05) is 0 Å². The van der Waals surface area contributed by atoms with Gasteiger partial charge in [-0.05, 0) is 58.5 Å². The molecule has 0 N–H and O–H groups in total. The fourth-order valence-corrected chi connectivity index (χ4v) is 6.48. The summed E-state index contributed by atoms with van der Waals surface area (Å²) in [4.78, 5) is 4.19. The van der Waals surface area contributed by atoms with E-state index in [1.165, 1.54) is 34.5 Å². The zero-order valence-electron chi connectivity index (χ0n) is 27.5. The average molecular weight is 594 g/mol. The van der Waals surface area contributed by atoms with Crippen molar-refractivity contribution in [1.82, 2.24) is 4.98 Å². The topological polar surface area (TPSA) is 29.9 Å². The Morgan fingerprint density at radius 2 is 1.66 bits per heavy atom. The molecular weight excluding hydrogens is 557 g/mol. The van der Waals surface area contributed by atoms with Crippen LogP contribution in [0, 0.1) is 12.3 Å². The van der Waals surface area contributed by atoms with Crippen LogP contribution in [0.15, 0.2) is 89.6 Å². The molecule has 44 heavy (non-hydrogen) atoms. The van der Waals surface area contributed by atoms with Crippen LogP contribution >= 0.6 is 0 Å². The number of halogens is 3. The predicted molar refractivity (Wildman–Crippen MR) is 169 cm³/mol. The molecule has 0 aliphatic heterocycles. The minimum atomic E-state index is -4.74. The molecule has 222 valence electrons. The quantitative estimate of drug-likeness (QED) is 0.190. The van der Waals surface area contributed by atoms with Gasteiger partial charge in [0.15, 0.2) is 6.20 Å². The summed E-state index contributed by atoms with van der Waals surface area (Å²) in [6, 6.07) is 24.1. The molecular formula is C38H34F3N2O+. The van der Waals surface area contributed by atoms with E-state index in [-0.39, 0.29) is 11.1 Å². The maximum atomic E-state index is 13.7. The van der Waals surface area contributed by atoms with Gasteiger partial charge >= 0.3 is 6.18 Å². The number of fused-ring (bicyclic) bond motifs is 6. The molecule has 3 aromatic heterocycles. The van der Waals surface area contributed by atoms with Crippen molar-refractivity contribution in [2.24, 2.45) is 12.5 Å². The first-order valence-corrected chi connectivity index (χ1v) is 14.7. The lowest BCUT2D eigenvalue weighted by molar-refractivity contribution is -0.660. The van der Waals surface area contributed by atoms with Gasteiger partial charge in [0.05, 0.1) is 11.0 Å². The van der Waals surface area contributed by atoms with Gasteiger partial charge in [-0.3, -0.25) is 4.98 Å². The van der Waals surface area contributed by atoms with Crippen molar-refractivity contribution in [2.45, 2.75) is 52.6 Å². The molecule has 6 aromatic rings. The van der Waals surface area contributed by atoms with Crippen molar-refractivity contribution in [3.63, 3.8) is 0 Å². The summed E-state index contributed by atoms with van der Waals surface area (Å²) in [5.41, 5.74) is 7.96. The first kappa shape index (κ1) is 26.0. The number of hydrogen-bond donors (Lipinski definition) is 0. The highest BCUT2D eigenvalue weighted by molar-refractivity contribution is 6.11. The Balaban J connectivity index is 1.34. The number of aryl methyl sites for hydroxylation is 2. The molecule has 7 rings (SSSR count). The maximum Gasteiger partial charge on any atom is 0.394 e. The van der Waals surface area contributed by atoms with Crippen LogP contribution in [0.5, 0.6) is 0 Å². The van der Waals surface area contributed by atoms with E-state index in [1.54, 1.807) is 6.07 Å². The largest absolute Gasteiger partial charge is 0.455 e. The molecule has 0 saturated carbocycles. The Morgan fingerprint density at radius 3 is 2.39 bits per heavy atom. The Morgan fingerprint density at radius 1 is 0.886 bits per heavy atom. The molecule has 0 radical (unpaired) electrons. The van der Waals surface area contributed by atoms with E-state index in [0.29, 0.717) is 5.56 Å². The van der Waals surface area contributed by atoms with Crippen molar-refractivity contribution >= 4 is 21.9 Å². The number of hydrogen-bond acceptors (Lipinski definition) is 2. The standard InChI is InChI=1S/C38H34F3N2O/c1-22-11-14-27-29-18-28-26-9-7-8-10-30(26)37(4,5)31(28)19-33(29)44-35(27)34(22)32-17-23(15-16-43(32)6)24-12-13-25(42-21-24)20-36(2,3)38(39,40)41/h7-19,21H,20H2,1-6H3/q+1/i20D2. The SMILES string of the molecule is [2H]C([2H])(c1ccc(-c2cc[n+](C)c(-c3c(C)ccc4c3oc3cc5c(cc34)-c3ccccc3C5(C)C)c2)cn1)C(C)(C)C(F)(F)F. The van der Waals surface area contributed by atoms with Crippen LogP contribution in [0.4, 0.5) is 13.2 Å². The highest BCUT2D eigenvalue weighted by atomic mass is 19.4. The van der Waals surface area contributed by atoms with E-state index < -0.39 is 18.0 Å². The van der Waals surface area contributed by atoms with Gasteiger partial charge in [-0.1, -0.05) is 70.2 Å². The van der Waals surface area contributed by atoms with E-state index in [4.69, 9.17) is 7.16 Å². The monoisotopic (exact) mass is 593 g/mol. The molecule has 6 heteroatoms. The Hall–Kier alpha value is -4.45. The second-order valence-electron chi connectivity index (χ2n) is 12.9. The van der Waals surface area contributed by atoms with Gasteiger partial charge < -0.3 is 4.42 Å². The molecule has 0 saturated heterocycles. The summed E-state index contributed by atoms with van der Waals surface area (Å²) < 4.78 is 66.4. The van der Waals surface area contributed by atoms with Crippen LogP contribution in [0.2, 0.25) is 0 Å². The van der Waals surface area contributed by atoms with Gasteiger partial charge in [0.1, 0.15) is 18.2 Å². The van der Waals surface area contributed by atoms with Crippen LogP contribution in [0.3, 0.4) is 0 Å². The van der Waals surface area contributed by atoms with Gasteiger partial charge in [0, 0.05) is 54.9 Å². The molecule has 0 atom stereocenters. The van der Waals surface area contributed by atoms with E-state index >= 15 is 0 Å². The summed E-state index contributed by atoms with van der Waals surface area (Å²) in [5, 5.41) is 2.07. The molecule has 3 heterocycles. The lowest BCUT2D eigenvalue weighted by Gasteiger charge is -2.27. The summed E-state index contributed by atoms with van der Waals surface area (Å²) in [5.74, 6) is 0.